The molecule has 0 saturated heterocycles. The predicted molar refractivity (Wildman–Crippen MR) is 65.7 cm³/mol. The van der Waals surface area contributed by atoms with Crippen molar-refractivity contribution in [2.75, 3.05) is 0 Å². The van der Waals surface area contributed by atoms with Crippen LogP contribution in [0.3, 0.4) is 0 Å². The third-order valence-electron chi connectivity index (χ3n) is 2.47. The van der Waals surface area contributed by atoms with Crippen LogP contribution < -0.4 is 0 Å². The zero-order valence-electron chi connectivity index (χ0n) is 9.15. The van der Waals surface area contributed by atoms with E-state index in [4.69, 9.17) is 11.6 Å². The quantitative estimate of drug-likeness (QED) is 0.812. The SMILES string of the molecule is CCc1ccc(Cc2ccccc2Cl)nn1. The van der Waals surface area contributed by atoms with Crippen molar-refractivity contribution in [3.63, 3.8) is 0 Å². The van der Waals surface area contributed by atoms with Crippen molar-refractivity contribution < 1.29 is 0 Å². The van der Waals surface area contributed by atoms with Crippen LogP contribution in [-0.2, 0) is 12.8 Å². The second-order valence-electron chi connectivity index (χ2n) is 3.64. The van der Waals surface area contributed by atoms with Gasteiger partial charge in [-0.1, -0.05) is 36.7 Å². The molecule has 2 rings (SSSR count). The summed E-state index contributed by atoms with van der Waals surface area (Å²) in [4.78, 5) is 0. The van der Waals surface area contributed by atoms with E-state index in [2.05, 4.69) is 17.1 Å². The number of hydrogen-bond acceptors (Lipinski definition) is 2. The Balaban J connectivity index is 2.18. The lowest BCUT2D eigenvalue weighted by molar-refractivity contribution is 0.871. The van der Waals surface area contributed by atoms with Crippen molar-refractivity contribution in [1.29, 1.82) is 0 Å². The Hall–Kier alpha value is -1.41. The average Bonchev–Trinajstić information content (AvgIpc) is 2.33. The lowest BCUT2D eigenvalue weighted by atomic mass is 10.1. The van der Waals surface area contributed by atoms with Crippen LogP contribution in [0, 0.1) is 0 Å². The molecule has 1 aromatic carbocycles. The molecule has 0 fully saturated rings. The lowest BCUT2D eigenvalue weighted by Gasteiger charge is -2.03. The number of rotatable bonds is 3. The fourth-order valence-electron chi connectivity index (χ4n) is 1.51. The topological polar surface area (TPSA) is 25.8 Å². The van der Waals surface area contributed by atoms with Gasteiger partial charge in [-0.25, -0.2) is 0 Å². The summed E-state index contributed by atoms with van der Waals surface area (Å²) in [5.41, 5.74) is 3.05. The maximum Gasteiger partial charge on any atom is 0.0675 e. The highest BCUT2D eigenvalue weighted by Gasteiger charge is 2.02. The van der Waals surface area contributed by atoms with Gasteiger partial charge in [-0.2, -0.15) is 10.2 Å². The number of nitrogens with zero attached hydrogens (tertiary/aromatic N) is 2. The van der Waals surface area contributed by atoms with Crippen molar-refractivity contribution >= 4 is 11.6 Å². The number of benzene rings is 1. The Morgan fingerprint density at radius 1 is 1.00 bits per heavy atom. The van der Waals surface area contributed by atoms with Crippen LogP contribution >= 0.6 is 11.6 Å². The van der Waals surface area contributed by atoms with Gasteiger partial charge in [-0.3, -0.25) is 0 Å². The van der Waals surface area contributed by atoms with E-state index in [-0.39, 0.29) is 0 Å². The molecule has 0 aliphatic heterocycles. The molecule has 0 amide bonds. The highest BCUT2D eigenvalue weighted by atomic mass is 35.5. The van der Waals surface area contributed by atoms with Gasteiger partial charge >= 0.3 is 0 Å². The molecule has 1 heterocycles. The fraction of sp³-hybridized carbons (Fsp3) is 0.231. The second kappa shape index (κ2) is 5.08. The summed E-state index contributed by atoms with van der Waals surface area (Å²) >= 11 is 6.08. The van der Waals surface area contributed by atoms with Crippen LogP contribution in [0.1, 0.15) is 23.9 Å². The molecule has 0 aliphatic rings. The molecule has 16 heavy (non-hydrogen) atoms. The number of aryl methyl sites for hydroxylation is 1. The zero-order valence-corrected chi connectivity index (χ0v) is 9.91. The first-order chi connectivity index (χ1) is 7.79. The molecule has 2 nitrogen and oxygen atoms in total. The third-order valence-corrected chi connectivity index (χ3v) is 2.84. The highest BCUT2D eigenvalue weighted by Crippen LogP contribution is 2.17. The van der Waals surface area contributed by atoms with E-state index in [1.165, 1.54) is 0 Å². The van der Waals surface area contributed by atoms with Gasteiger partial charge in [0.05, 0.1) is 11.4 Å². The van der Waals surface area contributed by atoms with Gasteiger partial charge < -0.3 is 0 Å². The van der Waals surface area contributed by atoms with E-state index in [1.807, 2.05) is 36.4 Å². The normalized spacial score (nSPS) is 10.4. The van der Waals surface area contributed by atoms with Gasteiger partial charge in [0.2, 0.25) is 0 Å². The molecule has 0 unspecified atom stereocenters. The maximum atomic E-state index is 6.08. The Kier molecular flexibility index (Phi) is 3.52. The van der Waals surface area contributed by atoms with Crippen LogP contribution in [0.2, 0.25) is 5.02 Å². The molecule has 0 radical (unpaired) electrons. The minimum absolute atomic E-state index is 0.733. The standard InChI is InChI=1S/C13H13ClN2/c1-2-11-7-8-12(16-15-11)9-10-5-3-4-6-13(10)14/h3-8H,2,9H2,1H3. The van der Waals surface area contributed by atoms with Crippen LogP contribution in [0.25, 0.3) is 0 Å². The zero-order chi connectivity index (χ0) is 11.4. The average molecular weight is 233 g/mol. The summed E-state index contributed by atoms with van der Waals surface area (Å²) in [6.45, 7) is 2.07. The molecule has 0 aliphatic carbocycles. The fourth-order valence-corrected chi connectivity index (χ4v) is 1.71. The molecule has 0 atom stereocenters. The van der Waals surface area contributed by atoms with Gasteiger partial charge in [0, 0.05) is 11.4 Å². The van der Waals surface area contributed by atoms with Crippen LogP contribution in [0.4, 0.5) is 0 Å². The van der Waals surface area contributed by atoms with E-state index in [0.29, 0.717) is 0 Å². The van der Waals surface area contributed by atoms with Gasteiger partial charge in [0.25, 0.3) is 0 Å². The molecule has 0 bridgehead atoms. The highest BCUT2D eigenvalue weighted by molar-refractivity contribution is 6.31. The Morgan fingerprint density at radius 2 is 1.69 bits per heavy atom. The summed E-state index contributed by atoms with van der Waals surface area (Å²) in [5.74, 6) is 0. The molecule has 0 N–H and O–H groups in total. The van der Waals surface area contributed by atoms with Crippen molar-refractivity contribution in [3.05, 3.63) is 58.4 Å². The number of halogens is 1. The molecular formula is C13H13ClN2. The lowest BCUT2D eigenvalue weighted by Crippen LogP contribution is -1.97. The molecule has 3 heteroatoms. The van der Waals surface area contributed by atoms with Crippen LogP contribution in [0.15, 0.2) is 36.4 Å². The van der Waals surface area contributed by atoms with Gasteiger partial charge in [0.15, 0.2) is 0 Å². The predicted octanol–water partition coefficient (Wildman–Crippen LogP) is 3.28. The number of aromatic nitrogens is 2. The Morgan fingerprint density at radius 3 is 2.31 bits per heavy atom. The first kappa shape index (κ1) is 11.1. The molecule has 82 valence electrons. The number of hydrogen-bond donors (Lipinski definition) is 0. The second-order valence-corrected chi connectivity index (χ2v) is 4.04. The monoisotopic (exact) mass is 232 g/mol. The van der Waals surface area contributed by atoms with E-state index in [1.54, 1.807) is 0 Å². The summed E-state index contributed by atoms with van der Waals surface area (Å²) in [5, 5.41) is 9.09. The van der Waals surface area contributed by atoms with E-state index in [0.717, 1.165) is 34.8 Å². The van der Waals surface area contributed by atoms with Gasteiger partial charge in [-0.05, 0) is 30.2 Å². The van der Waals surface area contributed by atoms with E-state index in [9.17, 15) is 0 Å². The largest absolute Gasteiger partial charge is 0.155 e. The third kappa shape index (κ3) is 2.58. The Bertz CT molecular complexity index is 466. The van der Waals surface area contributed by atoms with Gasteiger partial charge in [0.1, 0.15) is 0 Å². The minimum atomic E-state index is 0.733. The molecule has 0 spiro atoms. The van der Waals surface area contributed by atoms with Crippen molar-refractivity contribution in [2.45, 2.75) is 19.8 Å². The summed E-state index contributed by atoms with van der Waals surface area (Å²) in [7, 11) is 0. The Labute approximate surface area is 100 Å². The van der Waals surface area contributed by atoms with Crippen molar-refractivity contribution in [2.24, 2.45) is 0 Å². The molecule has 1 aromatic heterocycles. The molecular weight excluding hydrogens is 220 g/mol. The summed E-state index contributed by atoms with van der Waals surface area (Å²) < 4.78 is 0. The van der Waals surface area contributed by atoms with E-state index < -0.39 is 0 Å². The minimum Gasteiger partial charge on any atom is -0.155 e. The first-order valence-electron chi connectivity index (χ1n) is 5.34. The maximum absolute atomic E-state index is 6.08. The smallest absolute Gasteiger partial charge is 0.0675 e. The van der Waals surface area contributed by atoms with Crippen LogP contribution in [-0.4, -0.2) is 10.2 Å². The molecule has 0 saturated carbocycles. The summed E-state index contributed by atoms with van der Waals surface area (Å²) in [6.07, 6.45) is 1.65. The van der Waals surface area contributed by atoms with Crippen molar-refractivity contribution in [3.8, 4) is 0 Å². The first-order valence-corrected chi connectivity index (χ1v) is 5.72. The van der Waals surface area contributed by atoms with Crippen LogP contribution in [0.5, 0.6) is 0 Å². The summed E-state index contributed by atoms with van der Waals surface area (Å²) in [6, 6.07) is 11.8. The van der Waals surface area contributed by atoms with Gasteiger partial charge in [-0.15, -0.1) is 0 Å². The van der Waals surface area contributed by atoms with Crippen molar-refractivity contribution in [1.82, 2.24) is 10.2 Å². The molecule has 2 aromatic rings. The van der Waals surface area contributed by atoms with E-state index >= 15 is 0 Å².